The van der Waals surface area contributed by atoms with Crippen molar-refractivity contribution in [2.24, 2.45) is 0 Å². The van der Waals surface area contributed by atoms with Gasteiger partial charge in [-0.3, -0.25) is 0 Å². The van der Waals surface area contributed by atoms with E-state index in [1.807, 2.05) is 24.8 Å². The van der Waals surface area contributed by atoms with Crippen molar-refractivity contribution in [1.82, 2.24) is 4.31 Å². The van der Waals surface area contributed by atoms with Crippen LogP contribution in [0.5, 0.6) is 0 Å². The summed E-state index contributed by atoms with van der Waals surface area (Å²) in [5.41, 5.74) is 7.97. The zero-order chi connectivity index (χ0) is 14.0. The first-order valence-corrected chi connectivity index (χ1v) is 8.97. The molecule has 0 aliphatic carbocycles. The normalized spacial score (nSPS) is 18.2. The molecule has 2 rings (SSSR count). The standard InChI is InChI=1S/C13H20N2O2S2/c1-10-8-12(14)11(2)13(9-10)19(16,17)15-4-3-6-18-7-5-15/h8-9H,3-7,14H2,1-2H3. The van der Waals surface area contributed by atoms with Gasteiger partial charge in [0, 0.05) is 24.5 Å². The average molecular weight is 300 g/mol. The van der Waals surface area contributed by atoms with E-state index in [2.05, 4.69) is 0 Å². The van der Waals surface area contributed by atoms with Gasteiger partial charge in [-0.15, -0.1) is 0 Å². The number of benzene rings is 1. The van der Waals surface area contributed by atoms with Gasteiger partial charge in [0.15, 0.2) is 0 Å². The number of thioether (sulfide) groups is 1. The highest BCUT2D eigenvalue weighted by Gasteiger charge is 2.27. The molecule has 1 heterocycles. The quantitative estimate of drug-likeness (QED) is 0.849. The molecule has 1 saturated heterocycles. The molecule has 0 saturated carbocycles. The molecule has 1 aromatic carbocycles. The van der Waals surface area contributed by atoms with Gasteiger partial charge in [0.1, 0.15) is 0 Å². The van der Waals surface area contributed by atoms with Crippen LogP contribution in [-0.4, -0.2) is 37.3 Å². The summed E-state index contributed by atoms with van der Waals surface area (Å²) in [4.78, 5) is 0.358. The molecule has 0 amide bonds. The SMILES string of the molecule is Cc1cc(N)c(C)c(S(=O)(=O)N2CCCSCC2)c1. The molecule has 0 bridgehead atoms. The fourth-order valence-corrected chi connectivity index (χ4v) is 5.04. The van der Waals surface area contributed by atoms with Crippen molar-refractivity contribution in [3.8, 4) is 0 Å². The van der Waals surface area contributed by atoms with Gasteiger partial charge in [0.05, 0.1) is 4.90 Å². The van der Waals surface area contributed by atoms with Crippen LogP contribution in [0.25, 0.3) is 0 Å². The summed E-state index contributed by atoms with van der Waals surface area (Å²) < 4.78 is 27.0. The number of nitrogen functional groups attached to an aromatic ring is 1. The van der Waals surface area contributed by atoms with Crippen molar-refractivity contribution in [2.45, 2.75) is 25.2 Å². The van der Waals surface area contributed by atoms with Crippen LogP contribution in [0.15, 0.2) is 17.0 Å². The van der Waals surface area contributed by atoms with Crippen molar-refractivity contribution in [3.05, 3.63) is 23.3 Å². The van der Waals surface area contributed by atoms with E-state index in [0.717, 1.165) is 23.5 Å². The van der Waals surface area contributed by atoms with E-state index >= 15 is 0 Å². The highest BCUT2D eigenvalue weighted by molar-refractivity contribution is 7.99. The van der Waals surface area contributed by atoms with Crippen molar-refractivity contribution >= 4 is 27.5 Å². The minimum atomic E-state index is -3.42. The second-order valence-electron chi connectivity index (χ2n) is 4.85. The second-order valence-corrected chi connectivity index (χ2v) is 7.98. The number of hydrogen-bond donors (Lipinski definition) is 1. The third-order valence-electron chi connectivity index (χ3n) is 3.34. The van der Waals surface area contributed by atoms with E-state index in [1.54, 1.807) is 17.3 Å². The first kappa shape index (κ1) is 14.7. The lowest BCUT2D eigenvalue weighted by Gasteiger charge is -2.21. The van der Waals surface area contributed by atoms with Gasteiger partial charge in [-0.25, -0.2) is 8.42 Å². The van der Waals surface area contributed by atoms with E-state index in [0.29, 0.717) is 29.2 Å². The number of anilines is 1. The van der Waals surface area contributed by atoms with Crippen LogP contribution in [0.2, 0.25) is 0 Å². The summed E-state index contributed by atoms with van der Waals surface area (Å²) in [6.45, 7) is 4.82. The molecule has 2 N–H and O–H groups in total. The number of nitrogens with zero attached hydrogens (tertiary/aromatic N) is 1. The molecule has 0 aromatic heterocycles. The largest absolute Gasteiger partial charge is 0.398 e. The molecule has 1 fully saturated rings. The predicted molar refractivity (Wildman–Crippen MR) is 81.0 cm³/mol. The maximum absolute atomic E-state index is 12.7. The maximum Gasteiger partial charge on any atom is 0.243 e. The van der Waals surface area contributed by atoms with Gasteiger partial charge in [-0.2, -0.15) is 16.1 Å². The summed E-state index contributed by atoms with van der Waals surface area (Å²) in [6.07, 6.45) is 0.907. The van der Waals surface area contributed by atoms with Crippen LogP contribution in [0, 0.1) is 13.8 Å². The number of rotatable bonds is 2. The van der Waals surface area contributed by atoms with Crippen LogP contribution in [0.4, 0.5) is 5.69 Å². The Morgan fingerprint density at radius 3 is 2.68 bits per heavy atom. The summed E-state index contributed by atoms with van der Waals surface area (Å²) >= 11 is 1.81. The number of hydrogen-bond acceptors (Lipinski definition) is 4. The third-order valence-corrected chi connectivity index (χ3v) is 6.42. The lowest BCUT2D eigenvalue weighted by Crippen LogP contribution is -2.33. The molecule has 4 nitrogen and oxygen atoms in total. The minimum absolute atomic E-state index is 0.358. The summed E-state index contributed by atoms with van der Waals surface area (Å²) in [5.74, 6) is 1.89. The number of nitrogens with two attached hydrogens (primary N) is 1. The van der Waals surface area contributed by atoms with Gasteiger partial charge in [-0.05, 0) is 49.3 Å². The van der Waals surface area contributed by atoms with Gasteiger partial charge in [-0.1, -0.05) is 0 Å². The number of aryl methyl sites for hydroxylation is 1. The maximum atomic E-state index is 12.7. The molecular weight excluding hydrogens is 280 g/mol. The van der Waals surface area contributed by atoms with Crippen LogP contribution in [0.3, 0.4) is 0 Å². The zero-order valence-corrected chi connectivity index (χ0v) is 13.0. The Hall–Kier alpha value is -0.720. The first-order valence-electron chi connectivity index (χ1n) is 6.37. The van der Waals surface area contributed by atoms with Gasteiger partial charge < -0.3 is 5.73 Å². The smallest absolute Gasteiger partial charge is 0.243 e. The molecule has 0 spiro atoms. The predicted octanol–water partition coefficient (Wildman–Crippen LogP) is 2.01. The summed E-state index contributed by atoms with van der Waals surface area (Å²) in [7, 11) is -3.42. The van der Waals surface area contributed by atoms with E-state index in [1.165, 1.54) is 0 Å². The molecule has 0 atom stereocenters. The molecule has 0 unspecified atom stereocenters. The van der Waals surface area contributed by atoms with Gasteiger partial charge >= 0.3 is 0 Å². The molecule has 0 radical (unpaired) electrons. The fourth-order valence-electron chi connectivity index (χ4n) is 2.22. The van der Waals surface area contributed by atoms with E-state index in [4.69, 9.17) is 5.73 Å². The Morgan fingerprint density at radius 2 is 1.95 bits per heavy atom. The van der Waals surface area contributed by atoms with E-state index in [9.17, 15) is 8.42 Å². The molecule has 1 aliphatic heterocycles. The molecule has 1 aliphatic rings. The first-order chi connectivity index (χ1) is 8.93. The topological polar surface area (TPSA) is 63.4 Å². The molecule has 106 valence electrons. The molecule has 1 aromatic rings. The third kappa shape index (κ3) is 3.07. The Labute approximate surface area is 119 Å². The second kappa shape index (κ2) is 5.73. The van der Waals surface area contributed by atoms with Crippen molar-refractivity contribution in [3.63, 3.8) is 0 Å². The summed E-state index contributed by atoms with van der Waals surface area (Å²) in [6, 6.07) is 3.53. The highest BCUT2D eigenvalue weighted by Crippen LogP contribution is 2.27. The van der Waals surface area contributed by atoms with Crippen molar-refractivity contribution in [2.75, 3.05) is 30.3 Å². The highest BCUT2D eigenvalue weighted by atomic mass is 32.2. The molecular formula is C13H20N2O2S2. The van der Waals surface area contributed by atoms with E-state index in [-0.39, 0.29) is 0 Å². The van der Waals surface area contributed by atoms with Crippen LogP contribution < -0.4 is 5.73 Å². The Balaban J connectivity index is 2.44. The Kier molecular flexibility index (Phi) is 4.43. The average Bonchev–Trinajstić information content (AvgIpc) is 2.62. The monoisotopic (exact) mass is 300 g/mol. The molecule has 19 heavy (non-hydrogen) atoms. The fraction of sp³-hybridized carbons (Fsp3) is 0.538. The summed E-state index contributed by atoms with van der Waals surface area (Å²) in [5, 5.41) is 0. The lowest BCUT2D eigenvalue weighted by atomic mass is 10.1. The van der Waals surface area contributed by atoms with Crippen LogP contribution in [0.1, 0.15) is 17.5 Å². The number of sulfonamides is 1. The van der Waals surface area contributed by atoms with Gasteiger partial charge in [0.25, 0.3) is 0 Å². The van der Waals surface area contributed by atoms with Crippen LogP contribution in [-0.2, 0) is 10.0 Å². The van der Waals surface area contributed by atoms with Crippen LogP contribution >= 0.6 is 11.8 Å². The minimum Gasteiger partial charge on any atom is -0.398 e. The van der Waals surface area contributed by atoms with Crippen molar-refractivity contribution in [1.29, 1.82) is 0 Å². The van der Waals surface area contributed by atoms with Gasteiger partial charge in [0.2, 0.25) is 10.0 Å². The van der Waals surface area contributed by atoms with Crippen molar-refractivity contribution < 1.29 is 8.42 Å². The Morgan fingerprint density at radius 1 is 1.21 bits per heavy atom. The zero-order valence-electron chi connectivity index (χ0n) is 11.3. The van der Waals surface area contributed by atoms with E-state index < -0.39 is 10.0 Å². The molecule has 6 heteroatoms. The lowest BCUT2D eigenvalue weighted by molar-refractivity contribution is 0.434. The Bertz CT molecular complexity index is 562.